The number of amides is 2. The molecule has 2 heterocycles. The fourth-order valence-electron chi connectivity index (χ4n) is 5.18. The van der Waals surface area contributed by atoms with Gasteiger partial charge in [-0.3, -0.25) is 14.5 Å². The van der Waals surface area contributed by atoms with Crippen LogP contribution in [0.25, 0.3) is 16.9 Å². The van der Waals surface area contributed by atoms with Crippen molar-refractivity contribution < 1.29 is 9.59 Å². The summed E-state index contributed by atoms with van der Waals surface area (Å²) < 4.78 is 1.88. The lowest BCUT2D eigenvalue weighted by molar-refractivity contribution is -0.123. The van der Waals surface area contributed by atoms with E-state index in [2.05, 4.69) is 62.5 Å². The van der Waals surface area contributed by atoms with Crippen molar-refractivity contribution in [1.29, 1.82) is 0 Å². The van der Waals surface area contributed by atoms with Crippen LogP contribution in [0, 0.1) is 20.8 Å². The minimum Gasteiger partial charge on any atom is -0.352 e. The molecule has 1 aliphatic heterocycles. The number of benzene rings is 3. The first-order chi connectivity index (χ1) is 18.7. The van der Waals surface area contributed by atoms with E-state index in [1.165, 1.54) is 0 Å². The Morgan fingerprint density at radius 2 is 1.72 bits per heavy atom. The van der Waals surface area contributed by atoms with Gasteiger partial charge in [0, 0.05) is 17.2 Å². The molecular weight excluding hydrogens is 504 g/mol. The molecule has 1 aliphatic rings. The Balaban J connectivity index is 1.84. The highest BCUT2D eigenvalue weighted by Crippen LogP contribution is 2.49. The van der Waals surface area contributed by atoms with Crippen LogP contribution in [0.15, 0.2) is 72.8 Å². The second kappa shape index (κ2) is 11.1. The summed E-state index contributed by atoms with van der Waals surface area (Å²) in [5.74, 6) is 0.604. The van der Waals surface area contributed by atoms with Crippen molar-refractivity contribution in [3.8, 4) is 16.9 Å². The molecule has 0 radical (unpaired) electrons. The van der Waals surface area contributed by atoms with Gasteiger partial charge in [-0.05, 0) is 57.4 Å². The molecule has 39 heavy (non-hydrogen) atoms. The van der Waals surface area contributed by atoms with Crippen LogP contribution in [0.4, 0.5) is 5.82 Å². The van der Waals surface area contributed by atoms with Gasteiger partial charge in [0.1, 0.15) is 12.4 Å². The fraction of sp³-hybridized carbons (Fsp3) is 0.281. The molecule has 4 aromatic rings. The molecule has 0 saturated carbocycles. The number of fused-ring (bicyclic) bond motifs is 1. The normalized spacial score (nSPS) is 15.3. The molecule has 5 rings (SSSR count). The standard InChI is InChI=1S/C32H34N4O2S/c1-20(2)33-27(37)18-35-28(38)19-39-31(25-14-10-9-11-22(25)4)29-30(24-12-7-6-8-13-24)34-36(32(29)35)26-16-15-21(3)17-23(26)5/h6-17,20,31H,18-19H2,1-5H3,(H,33,37)/t31-/m0/s1. The molecule has 2 amide bonds. The van der Waals surface area contributed by atoms with Gasteiger partial charge in [0.15, 0.2) is 0 Å². The van der Waals surface area contributed by atoms with Gasteiger partial charge in [-0.2, -0.15) is 5.10 Å². The summed E-state index contributed by atoms with van der Waals surface area (Å²) in [7, 11) is 0. The average molecular weight is 539 g/mol. The van der Waals surface area contributed by atoms with E-state index >= 15 is 0 Å². The summed E-state index contributed by atoms with van der Waals surface area (Å²) in [6.45, 7) is 9.99. The van der Waals surface area contributed by atoms with Crippen LogP contribution < -0.4 is 10.2 Å². The lowest BCUT2D eigenvalue weighted by Crippen LogP contribution is -2.44. The Bertz CT molecular complexity index is 1530. The number of carbonyl (C=O) groups is 2. The van der Waals surface area contributed by atoms with E-state index in [0.717, 1.165) is 44.8 Å². The van der Waals surface area contributed by atoms with Gasteiger partial charge in [-0.1, -0.05) is 72.3 Å². The smallest absolute Gasteiger partial charge is 0.240 e. The first-order valence-electron chi connectivity index (χ1n) is 13.3. The largest absolute Gasteiger partial charge is 0.352 e. The molecule has 0 fully saturated rings. The topological polar surface area (TPSA) is 67.2 Å². The minimum atomic E-state index is -0.196. The summed E-state index contributed by atoms with van der Waals surface area (Å²) in [5, 5.41) is 8.02. The van der Waals surface area contributed by atoms with Gasteiger partial charge in [0.25, 0.3) is 0 Å². The molecule has 0 unspecified atom stereocenters. The molecule has 1 N–H and O–H groups in total. The number of hydrogen-bond acceptors (Lipinski definition) is 4. The number of hydrogen-bond donors (Lipinski definition) is 1. The first kappa shape index (κ1) is 26.8. The summed E-state index contributed by atoms with van der Waals surface area (Å²) in [6, 6.07) is 24.6. The molecule has 0 aliphatic carbocycles. The van der Waals surface area contributed by atoms with Gasteiger partial charge in [-0.15, -0.1) is 11.8 Å². The number of rotatable bonds is 6. The Morgan fingerprint density at radius 3 is 2.41 bits per heavy atom. The summed E-state index contributed by atoms with van der Waals surface area (Å²) in [4.78, 5) is 28.5. The molecular formula is C32H34N4O2S. The Kier molecular flexibility index (Phi) is 7.62. The third-order valence-electron chi connectivity index (χ3n) is 6.94. The minimum absolute atomic E-state index is 0.0303. The van der Waals surface area contributed by atoms with Gasteiger partial charge < -0.3 is 5.32 Å². The van der Waals surface area contributed by atoms with Gasteiger partial charge in [0.05, 0.1) is 22.4 Å². The predicted molar refractivity (Wildman–Crippen MR) is 160 cm³/mol. The maximum absolute atomic E-state index is 13.8. The van der Waals surface area contributed by atoms with Gasteiger partial charge in [-0.25, -0.2) is 4.68 Å². The molecule has 7 heteroatoms. The van der Waals surface area contributed by atoms with Crippen LogP contribution in [-0.2, 0) is 9.59 Å². The van der Waals surface area contributed by atoms with E-state index in [4.69, 9.17) is 5.10 Å². The number of anilines is 1. The zero-order chi connectivity index (χ0) is 27.7. The molecule has 0 bridgehead atoms. The number of carbonyl (C=O) groups excluding carboxylic acids is 2. The Hall–Kier alpha value is -3.84. The predicted octanol–water partition coefficient (Wildman–Crippen LogP) is 6.16. The molecule has 0 spiro atoms. The van der Waals surface area contributed by atoms with Crippen molar-refractivity contribution >= 4 is 29.4 Å². The quantitative estimate of drug-likeness (QED) is 0.319. The van der Waals surface area contributed by atoms with Crippen LogP contribution in [0.3, 0.4) is 0 Å². The van der Waals surface area contributed by atoms with Crippen molar-refractivity contribution in [2.45, 2.75) is 45.9 Å². The summed E-state index contributed by atoms with van der Waals surface area (Å²) >= 11 is 1.59. The molecule has 1 atom stereocenters. The third kappa shape index (κ3) is 5.36. The van der Waals surface area contributed by atoms with Crippen molar-refractivity contribution in [2.75, 3.05) is 17.2 Å². The maximum atomic E-state index is 13.8. The Labute approximate surface area is 234 Å². The number of thioether (sulfide) groups is 1. The average Bonchev–Trinajstić information content (AvgIpc) is 3.21. The maximum Gasteiger partial charge on any atom is 0.240 e. The SMILES string of the molecule is Cc1ccc(-n2nc(-c3ccccc3)c3c2N(CC(=O)NC(C)C)C(=O)CS[C@H]3c2ccccc2C)c(C)c1. The summed E-state index contributed by atoms with van der Waals surface area (Å²) in [6.07, 6.45) is 0. The molecule has 6 nitrogen and oxygen atoms in total. The highest BCUT2D eigenvalue weighted by Gasteiger charge is 2.38. The van der Waals surface area contributed by atoms with Gasteiger partial charge in [0.2, 0.25) is 11.8 Å². The molecule has 3 aromatic carbocycles. The fourth-order valence-corrected chi connectivity index (χ4v) is 6.47. The summed E-state index contributed by atoms with van der Waals surface area (Å²) in [5.41, 5.74) is 8.10. The van der Waals surface area contributed by atoms with E-state index < -0.39 is 0 Å². The lowest BCUT2D eigenvalue weighted by atomic mass is 9.96. The van der Waals surface area contributed by atoms with E-state index in [0.29, 0.717) is 5.82 Å². The van der Waals surface area contributed by atoms with E-state index in [-0.39, 0.29) is 35.4 Å². The number of aryl methyl sites for hydroxylation is 3. The zero-order valence-corrected chi connectivity index (χ0v) is 23.9. The number of nitrogens with zero attached hydrogens (tertiary/aromatic N) is 3. The van der Waals surface area contributed by atoms with E-state index in [1.807, 2.05) is 54.9 Å². The molecule has 0 saturated heterocycles. The van der Waals surface area contributed by atoms with Crippen LogP contribution in [-0.4, -0.2) is 39.9 Å². The van der Waals surface area contributed by atoms with Crippen LogP contribution in [0.2, 0.25) is 0 Å². The first-order valence-corrected chi connectivity index (χ1v) is 14.3. The van der Waals surface area contributed by atoms with Crippen molar-refractivity contribution in [1.82, 2.24) is 15.1 Å². The van der Waals surface area contributed by atoms with Crippen molar-refractivity contribution in [3.05, 3.63) is 101 Å². The van der Waals surface area contributed by atoms with Crippen molar-refractivity contribution in [3.63, 3.8) is 0 Å². The van der Waals surface area contributed by atoms with Crippen LogP contribution in [0.1, 0.15) is 46.9 Å². The number of aromatic nitrogens is 2. The van der Waals surface area contributed by atoms with E-state index in [1.54, 1.807) is 16.7 Å². The lowest BCUT2D eigenvalue weighted by Gasteiger charge is -2.24. The number of nitrogens with one attached hydrogen (secondary N) is 1. The van der Waals surface area contributed by atoms with Crippen LogP contribution in [0.5, 0.6) is 0 Å². The second-order valence-electron chi connectivity index (χ2n) is 10.4. The molecule has 200 valence electrons. The monoisotopic (exact) mass is 538 g/mol. The zero-order valence-electron chi connectivity index (χ0n) is 23.1. The Morgan fingerprint density at radius 1 is 1.00 bits per heavy atom. The molecule has 1 aromatic heterocycles. The van der Waals surface area contributed by atoms with Crippen molar-refractivity contribution in [2.24, 2.45) is 0 Å². The third-order valence-corrected chi connectivity index (χ3v) is 8.18. The second-order valence-corrected chi connectivity index (χ2v) is 11.5. The van der Waals surface area contributed by atoms with E-state index in [9.17, 15) is 9.59 Å². The highest BCUT2D eigenvalue weighted by molar-refractivity contribution is 8.00. The van der Waals surface area contributed by atoms with Gasteiger partial charge >= 0.3 is 0 Å². The highest BCUT2D eigenvalue weighted by atomic mass is 32.2. The van der Waals surface area contributed by atoms with Crippen LogP contribution >= 0.6 is 11.8 Å².